The lowest BCUT2D eigenvalue weighted by Crippen LogP contribution is -1.97. The second-order valence-electron chi connectivity index (χ2n) is 5.04. The number of nitro groups is 1. The molecule has 0 radical (unpaired) electrons. The third-order valence-corrected chi connectivity index (χ3v) is 3.27. The summed E-state index contributed by atoms with van der Waals surface area (Å²) in [5.74, 6) is -0.482. The van der Waals surface area contributed by atoms with Crippen molar-refractivity contribution in [2.75, 3.05) is 12.5 Å². The molecule has 2 rings (SSSR count). The predicted octanol–water partition coefficient (Wildman–Crippen LogP) is 3.37. The topological polar surface area (TPSA) is 97.0 Å². The molecule has 2 aromatic rings. The van der Waals surface area contributed by atoms with Crippen molar-refractivity contribution < 1.29 is 14.8 Å². The molecule has 0 heterocycles. The summed E-state index contributed by atoms with van der Waals surface area (Å²) in [6.45, 7) is 3.96. The summed E-state index contributed by atoms with van der Waals surface area (Å²) in [4.78, 5) is 10.3. The number of phenolic OH excluding ortho intramolecular Hbond substituents is 1. The minimum atomic E-state index is -0.674. The third kappa shape index (κ3) is 3.76. The van der Waals surface area contributed by atoms with Crippen molar-refractivity contribution >= 4 is 17.6 Å². The molecule has 0 atom stereocenters. The van der Waals surface area contributed by atoms with E-state index in [1.807, 2.05) is 32.0 Å². The Kier molecular flexibility index (Phi) is 4.80. The Bertz CT molecular complexity index is 772. The van der Waals surface area contributed by atoms with Crippen LogP contribution in [0.3, 0.4) is 0 Å². The van der Waals surface area contributed by atoms with Crippen LogP contribution >= 0.6 is 0 Å². The van der Waals surface area contributed by atoms with Gasteiger partial charge in [0.1, 0.15) is 0 Å². The maximum Gasteiger partial charge on any atom is 0.315 e. The molecule has 0 saturated heterocycles. The van der Waals surface area contributed by atoms with Gasteiger partial charge in [-0.05, 0) is 31.5 Å². The van der Waals surface area contributed by atoms with E-state index >= 15 is 0 Å². The number of ether oxygens (including phenoxy) is 1. The summed E-state index contributed by atoms with van der Waals surface area (Å²) in [5.41, 5.74) is 5.91. The highest BCUT2D eigenvalue weighted by Gasteiger charge is 2.19. The molecule has 0 aromatic heterocycles. The lowest BCUT2D eigenvalue weighted by atomic mass is 10.1. The first kappa shape index (κ1) is 16.3. The Balaban J connectivity index is 2.25. The molecule has 120 valence electrons. The van der Waals surface area contributed by atoms with Gasteiger partial charge < -0.3 is 9.84 Å². The molecule has 2 aromatic carbocycles. The number of nitro benzene ring substituents is 1. The molecular weight excluding hydrogens is 298 g/mol. The highest BCUT2D eigenvalue weighted by atomic mass is 16.6. The number of hydrogen-bond acceptors (Lipinski definition) is 6. The van der Waals surface area contributed by atoms with Crippen LogP contribution in [0.25, 0.3) is 0 Å². The van der Waals surface area contributed by atoms with Gasteiger partial charge in [0.2, 0.25) is 5.75 Å². The molecule has 0 aliphatic heterocycles. The molecule has 0 spiro atoms. The minimum absolute atomic E-state index is 0.0205. The Morgan fingerprint density at radius 1 is 1.30 bits per heavy atom. The van der Waals surface area contributed by atoms with Crippen LogP contribution in [0.4, 0.5) is 11.4 Å². The van der Waals surface area contributed by atoms with Crippen molar-refractivity contribution in [3.05, 3.63) is 57.1 Å². The molecule has 0 unspecified atom stereocenters. The van der Waals surface area contributed by atoms with E-state index in [2.05, 4.69) is 10.5 Å². The standard InChI is InChI=1S/C16H17N3O4/c1-10-4-5-13(11(2)6-10)18-17-9-12-7-14(19(21)22)16(20)15(8-12)23-3/h4-9,18,20H,1-3H3/b17-9-. The zero-order valence-corrected chi connectivity index (χ0v) is 13.0. The van der Waals surface area contributed by atoms with Crippen LogP contribution in [0, 0.1) is 24.0 Å². The van der Waals surface area contributed by atoms with E-state index in [9.17, 15) is 15.2 Å². The molecule has 0 saturated carbocycles. The van der Waals surface area contributed by atoms with Crippen LogP contribution in [0.5, 0.6) is 11.5 Å². The molecule has 7 nitrogen and oxygen atoms in total. The van der Waals surface area contributed by atoms with Crippen molar-refractivity contribution in [3.8, 4) is 11.5 Å². The minimum Gasteiger partial charge on any atom is -0.500 e. The number of benzene rings is 2. The van der Waals surface area contributed by atoms with Gasteiger partial charge >= 0.3 is 5.69 Å². The Morgan fingerprint density at radius 3 is 2.65 bits per heavy atom. The van der Waals surface area contributed by atoms with Gasteiger partial charge in [-0.15, -0.1) is 0 Å². The van der Waals surface area contributed by atoms with Gasteiger partial charge in [0.05, 0.1) is 23.9 Å². The van der Waals surface area contributed by atoms with Crippen LogP contribution in [0.2, 0.25) is 0 Å². The van der Waals surface area contributed by atoms with Gasteiger partial charge in [0.25, 0.3) is 0 Å². The fraction of sp³-hybridized carbons (Fsp3) is 0.188. The number of aromatic hydroxyl groups is 1. The summed E-state index contributed by atoms with van der Waals surface area (Å²) in [6, 6.07) is 8.58. The summed E-state index contributed by atoms with van der Waals surface area (Å²) in [5, 5.41) is 24.7. The quantitative estimate of drug-likeness (QED) is 0.501. The average molecular weight is 315 g/mol. The molecule has 0 aliphatic rings. The molecule has 2 N–H and O–H groups in total. The number of aryl methyl sites for hydroxylation is 2. The van der Waals surface area contributed by atoms with Crippen molar-refractivity contribution in [1.82, 2.24) is 0 Å². The van der Waals surface area contributed by atoms with E-state index in [4.69, 9.17) is 4.74 Å². The lowest BCUT2D eigenvalue weighted by Gasteiger charge is -2.06. The fourth-order valence-electron chi connectivity index (χ4n) is 2.10. The SMILES string of the molecule is COc1cc(/C=N\Nc2ccc(C)cc2C)cc([N+](=O)[O-])c1O. The smallest absolute Gasteiger partial charge is 0.315 e. The van der Waals surface area contributed by atoms with E-state index in [-0.39, 0.29) is 5.75 Å². The maximum absolute atomic E-state index is 10.9. The highest BCUT2D eigenvalue weighted by Crippen LogP contribution is 2.36. The normalized spacial score (nSPS) is 10.7. The first-order chi connectivity index (χ1) is 10.9. The molecule has 23 heavy (non-hydrogen) atoms. The number of nitrogens with one attached hydrogen (secondary N) is 1. The summed E-state index contributed by atoms with van der Waals surface area (Å²) in [6.07, 6.45) is 1.42. The van der Waals surface area contributed by atoms with Gasteiger partial charge in [-0.1, -0.05) is 17.7 Å². The summed E-state index contributed by atoms with van der Waals surface area (Å²) >= 11 is 0. The average Bonchev–Trinajstić information content (AvgIpc) is 2.50. The zero-order valence-electron chi connectivity index (χ0n) is 13.0. The van der Waals surface area contributed by atoms with Gasteiger partial charge in [-0.25, -0.2) is 0 Å². The van der Waals surface area contributed by atoms with Crippen LogP contribution in [0.1, 0.15) is 16.7 Å². The first-order valence-electron chi connectivity index (χ1n) is 6.84. The third-order valence-electron chi connectivity index (χ3n) is 3.27. The second kappa shape index (κ2) is 6.78. The van der Waals surface area contributed by atoms with E-state index in [0.29, 0.717) is 5.56 Å². The van der Waals surface area contributed by atoms with E-state index < -0.39 is 16.4 Å². The van der Waals surface area contributed by atoms with Gasteiger partial charge in [0, 0.05) is 11.6 Å². The molecular formula is C16H17N3O4. The van der Waals surface area contributed by atoms with Gasteiger partial charge in [-0.3, -0.25) is 15.5 Å². The number of rotatable bonds is 5. The molecule has 0 aliphatic carbocycles. The number of methoxy groups -OCH3 is 1. The van der Waals surface area contributed by atoms with E-state index in [1.54, 1.807) is 0 Å². The lowest BCUT2D eigenvalue weighted by molar-refractivity contribution is -0.386. The van der Waals surface area contributed by atoms with Crippen molar-refractivity contribution in [2.24, 2.45) is 5.10 Å². The number of phenols is 1. The summed E-state index contributed by atoms with van der Waals surface area (Å²) < 4.78 is 4.94. The number of anilines is 1. The number of hydrazone groups is 1. The van der Waals surface area contributed by atoms with Crippen LogP contribution in [-0.4, -0.2) is 23.4 Å². The van der Waals surface area contributed by atoms with Gasteiger partial charge in [0.15, 0.2) is 5.75 Å². The highest BCUT2D eigenvalue weighted by molar-refractivity contribution is 5.83. The molecule has 0 amide bonds. The van der Waals surface area contributed by atoms with E-state index in [1.165, 1.54) is 25.5 Å². The van der Waals surface area contributed by atoms with Crippen LogP contribution in [-0.2, 0) is 0 Å². The van der Waals surface area contributed by atoms with E-state index in [0.717, 1.165) is 16.8 Å². The Hall–Kier alpha value is -3.09. The number of hydrogen-bond donors (Lipinski definition) is 2. The predicted molar refractivity (Wildman–Crippen MR) is 88.4 cm³/mol. The van der Waals surface area contributed by atoms with Crippen molar-refractivity contribution in [2.45, 2.75) is 13.8 Å². The van der Waals surface area contributed by atoms with Crippen LogP contribution in [0.15, 0.2) is 35.4 Å². The molecule has 0 fully saturated rings. The van der Waals surface area contributed by atoms with Crippen molar-refractivity contribution in [1.29, 1.82) is 0 Å². The zero-order chi connectivity index (χ0) is 17.0. The monoisotopic (exact) mass is 315 g/mol. The maximum atomic E-state index is 10.9. The van der Waals surface area contributed by atoms with Crippen LogP contribution < -0.4 is 10.2 Å². The molecule has 0 bridgehead atoms. The summed E-state index contributed by atoms with van der Waals surface area (Å²) in [7, 11) is 1.33. The van der Waals surface area contributed by atoms with Crippen molar-refractivity contribution in [3.63, 3.8) is 0 Å². The fourth-order valence-corrected chi connectivity index (χ4v) is 2.10. The first-order valence-corrected chi connectivity index (χ1v) is 6.84. The second-order valence-corrected chi connectivity index (χ2v) is 5.04. The Labute approximate surface area is 133 Å². The van der Waals surface area contributed by atoms with Gasteiger partial charge in [-0.2, -0.15) is 5.10 Å². The number of nitrogens with zero attached hydrogens (tertiary/aromatic N) is 2. The molecule has 7 heteroatoms. The largest absolute Gasteiger partial charge is 0.500 e. The Morgan fingerprint density at radius 2 is 2.04 bits per heavy atom.